The Kier molecular flexibility index (Phi) is 6.38. The fraction of sp³-hybridized carbons (Fsp3) is 0.150. The number of para-hydroxylation sites is 1. The number of carboxylic acids is 1. The second-order valence-corrected chi connectivity index (χ2v) is 7.16. The molecule has 3 rings (SSSR count). The highest BCUT2D eigenvalue weighted by atomic mass is 35.5. The van der Waals surface area contributed by atoms with E-state index in [9.17, 15) is 9.90 Å². The molecule has 0 saturated carbocycles. The number of nitrogens with zero attached hydrogens (tertiary/aromatic N) is 3. The summed E-state index contributed by atoms with van der Waals surface area (Å²) in [5.74, 6) is 0.207. The fourth-order valence-electron chi connectivity index (χ4n) is 2.62. The minimum Gasteiger partial charge on any atom is -0.496 e. The van der Waals surface area contributed by atoms with Gasteiger partial charge >= 0.3 is 5.97 Å². The largest absolute Gasteiger partial charge is 0.496 e. The third kappa shape index (κ3) is 4.37. The van der Waals surface area contributed by atoms with E-state index in [0.717, 1.165) is 17.3 Å². The van der Waals surface area contributed by atoms with E-state index in [2.05, 4.69) is 10.2 Å². The second-order valence-electron chi connectivity index (χ2n) is 5.72. The molecule has 0 amide bonds. The van der Waals surface area contributed by atoms with Crippen molar-refractivity contribution in [3.05, 3.63) is 64.0 Å². The van der Waals surface area contributed by atoms with Crippen molar-refractivity contribution >= 4 is 35.4 Å². The van der Waals surface area contributed by atoms with Crippen molar-refractivity contribution < 1.29 is 14.6 Å². The molecule has 3 aromatic rings. The van der Waals surface area contributed by atoms with E-state index >= 15 is 0 Å². The predicted octanol–water partition coefficient (Wildman–Crippen LogP) is 4.84. The average Bonchev–Trinajstić information content (AvgIpc) is 3.11. The van der Waals surface area contributed by atoms with E-state index in [-0.39, 0.29) is 4.91 Å². The number of aromatic nitrogens is 3. The van der Waals surface area contributed by atoms with E-state index < -0.39 is 5.97 Å². The maximum absolute atomic E-state index is 11.8. The van der Waals surface area contributed by atoms with Gasteiger partial charge in [-0.1, -0.05) is 29.8 Å². The van der Waals surface area contributed by atoms with Crippen molar-refractivity contribution in [1.29, 1.82) is 0 Å². The SMILES string of the molecule is CCn1c(S/C(=C/c2ccccc2OC)C(=O)O)nnc1-c1ccc(Cl)cc1. The van der Waals surface area contributed by atoms with Crippen molar-refractivity contribution in [2.45, 2.75) is 18.6 Å². The first-order chi connectivity index (χ1) is 13.5. The van der Waals surface area contributed by atoms with Crippen LogP contribution in [-0.2, 0) is 11.3 Å². The van der Waals surface area contributed by atoms with Crippen LogP contribution >= 0.6 is 23.4 Å². The molecule has 0 aliphatic heterocycles. The third-order valence-electron chi connectivity index (χ3n) is 3.97. The molecule has 0 radical (unpaired) electrons. The van der Waals surface area contributed by atoms with Gasteiger partial charge in [0.05, 0.1) is 7.11 Å². The van der Waals surface area contributed by atoms with E-state index in [0.29, 0.717) is 33.9 Å². The van der Waals surface area contributed by atoms with Crippen LogP contribution in [0.15, 0.2) is 58.6 Å². The van der Waals surface area contributed by atoms with Crippen molar-refractivity contribution in [2.24, 2.45) is 0 Å². The van der Waals surface area contributed by atoms with Gasteiger partial charge in [0.1, 0.15) is 10.7 Å². The number of thioether (sulfide) groups is 1. The van der Waals surface area contributed by atoms with Crippen molar-refractivity contribution in [2.75, 3.05) is 7.11 Å². The summed E-state index contributed by atoms with van der Waals surface area (Å²) in [6.45, 7) is 2.55. The molecule has 0 spiro atoms. The molecule has 1 heterocycles. The monoisotopic (exact) mass is 415 g/mol. The van der Waals surface area contributed by atoms with Crippen LogP contribution in [0, 0.1) is 0 Å². The first kappa shape index (κ1) is 20.0. The number of carboxylic acid groups (broad SMARTS) is 1. The van der Waals surface area contributed by atoms with Crippen molar-refractivity contribution in [1.82, 2.24) is 14.8 Å². The van der Waals surface area contributed by atoms with E-state index in [1.807, 2.05) is 35.8 Å². The van der Waals surface area contributed by atoms with E-state index in [4.69, 9.17) is 16.3 Å². The topological polar surface area (TPSA) is 77.2 Å². The molecule has 144 valence electrons. The van der Waals surface area contributed by atoms with Gasteiger partial charge in [-0.15, -0.1) is 10.2 Å². The lowest BCUT2D eigenvalue weighted by atomic mass is 10.2. The molecule has 1 aromatic heterocycles. The summed E-state index contributed by atoms with van der Waals surface area (Å²) in [7, 11) is 1.55. The van der Waals surface area contributed by atoms with Gasteiger partial charge in [-0.25, -0.2) is 4.79 Å². The van der Waals surface area contributed by atoms with Crippen LogP contribution in [0.3, 0.4) is 0 Å². The van der Waals surface area contributed by atoms with Crippen LogP contribution in [0.4, 0.5) is 0 Å². The van der Waals surface area contributed by atoms with E-state index in [1.54, 1.807) is 37.5 Å². The molecule has 0 atom stereocenters. The molecular formula is C20H18ClN3O3S. The number of aliphatic carboxylic acids is 1. The number of carbonyl (C=O) groups is 1. The highest BCUT2D eigenvalue weighted by molar-refractivity contribution is 8.04. The summed E-state index contributed by atoms with van der Waals surface area (Å²) in [6.07, 6.45) is 1.57. The van der Waals surface area contributed by atoms with Gasteiger partial charge in [0.25, 0.3) is 0 Å². The number of hydrogen-bond acceptors (Lipinski definition) is 5. The fourth-order valence-corrected chi connectivity index (χ4v) is 3.63. The first-order valence-corrected chi connectivity index (χ1v) is 9.68. The van der Waals surface area contributed by atoms with Crippen LogP contribution in [0.5, 0.6) is 5.75 Å². The Hall–Kier alpha value is -2.77. The lowest BCUT2D eigenvalue weighted by molar-refractivity contribution is -0.131. The molecular weight excluding hydrogens is 398 g/mol. The van der Waals surface area contributed by atoms with Gasteiger partial charge in [0.2, 0.25) is 0 Å². The Morgan fingerprint density at radius 1 is 1.21 bits per heavy atom. The third-order valence-corrected chi connectivity index (χ3v) is 5.22. The Morgan fingerprint density at radius 2 is 1.93 bits per heavy atom. The summed E-state index contributed by atoms with van der Waals surface area (Å²) in [5.41, 5.74) is 1.53. The lowest BCUT2D eigenvalue weighted by Crippen LogP contribution is -2.03. The summed E-state index contributed by atoms with van der Waals surface area (Å²) in [6, 6.07) is 14.5. The number of rotatable bonds is 7. The van der Waals surface area contributed by atoms with E-state index in [1.165, 1.54) is 0 Å². The smallest absolute Gasteiger partial charge is 0.342 e. The first-order valence-electron chi connectivity index (χ1n) is 8.48. The summed E-state index contributed by atoms with van der Waals surface area (Å²) >= 11 is 7.00. The lowest BCUT2D eigenvalue weighted by Gasteiger charge is -2.09. The zero-order chi connectivity index (χ0) is 20.1. The van der Waals surface area contributed by atoms with Crippen molar-refractivity contribution in [3.8, 4) is 17.1 Å². The molecule has 0 fully saturated rings. The Morgan fingerprint density at radius 3 is 2.57 bits per heavy atom. The van der Waals surface area contributed by atoms with Crippen LogP contribution < -0.4 is 4.74 Å². The molecule has 0 bridgehead atoms. The van der Waals surface area contributed by atoms with Gasteiger partial charge in [0, 0.05) is 22.7 Å². The Labute approximate surface area is 171 Å². The number of hydrogen-bond donors (Lipinski definition) is 1. The molecule has 0 unspecified atom stereocenters. The number of benzene rings is 2. The van der Waals surface area contributed by atoms with Crippen molar-refractivity contribution in [3.63, 3.8) is 0 Å². The maximum atomic E-state index is 11.8. The summed E-state index contributed by atoms with van der Waals surface area (Å²) < 4.78 is 7.17. The number of ether oxygens (including phenoxy) is 1. The summed E-state index contributed by atoms with van der Waals surface area (Å²) in [5, 5.41) is 19.2. The molecule has 8 heteroatoms. The quantitative estimate of drug-likeness (QED) is 0.439. The zero-order valence-corrected chi connectivity index (χ0v) is 16.9. The molecule has 28 heavy (non-hydrogen) atoms. The average molecular weight is 416 g/mol. The molecule has 0 aliphatic carbocycles. The molecule has 1 N–H and O–H groups in total. The van der Waals surface area contributed by atoms with Crippen LogP contribution in [0.25, 0.3) is 17.5 Å². The number of halogens is 1. The zero-order valence-electron chi connectivity index (χ0n) is 15.3. The number of methoxy groups -OCH3 is 1. The molecule has 0 aliphatic rings. The van der Waals surface area contributed by atoms with Gasteiger partial charge in [0.15, 0.2) is 11.0 Å². The highest BCUT2D eigenvalue weighted by Gasteiger charge is 2.18. The molecule has 0 saturated heterocycles. The minimum atomic E-state index is -1.05. The second kappa shape index (κ2) is 8.95. The Bertz CT molecular complexity index is 1020. The summed E-state index contributed by atoms with van der Waals surface area (Å²) in [4.78, 5) is 11.9. The Balaban J connectivity index is 1.97. The van der Waals surface area contributed by atoms with Gasteiger partial charge in [-0.2, -0.15) is 0 Å². The van der Waals surface area contributed by atoms with Gasteiger partial charge in [-0.3, -0.25) is 0 Å². The van der Waals surface area contributed by atoms with Crippen LogP contribution in [-0.4, -0.2) is 33.0 Å². The van der Waals surface area contributed by atoms with Crippen LogP contribution in [0.2, 0.25) is 5.02 Å². The standard InChI is InChI=1S/C20H18ClN3O3S/c1-3-24-18(13-8-10-15(21)11-9-13)22-23-20(24)28-17(19(25)26)12-14-6-4-5-7-16(14)27-2/h4-12H,3H2,1-2H3,(H,25,26)/b17-12+. The minimum absolute atomic E-state index is 0.120. The molecule has 2 aromatic carbocycles. The normalized spacial score (nSPS) is 11.5. The maximum Gasteiger partial charge on any atom is 0.342 e. The van der Waals surface area contributed by atoms with Gasteiger partial charge < -0.3 is 14.4 Å². The van der Waals surface area contributed by atoms with Gasteiger partial charge in [-0.05, 0) is 55.1 Å². The molecule has 6 nitrogen and oxygen atoms in total. The highest BCUT2D eigenvalue weighted by Crippen LogP contribution is 2.32. The van der Waals surface area contributed by atoms with Crippen LogP contribution in [0.1, 0.15) is 12.5 Å². The predicted molar refractivity (Wildman–Crippen MR) is 111 cm³/mol.